The predicted octanol–water partition coefficient (Wildman–Crippen LogP) is 5.67. The van der Waals surface area contributed by atoms with Crippen LogP contribution in [0.1, 0.15) is 11.1 Å². The summed E-state index contributed by atoms with van der Waals surface area (Å²) in [5.41, 5.74) is 2.75. The Balaban J connectivity index is 1.62. The van der Waals surface area contributed by atoms with Crippen molar-refractivity contribution in [2.45, 2.75) is 6.42 Å². The Morgan fingerprint density at radius 1 is 0.897 bits per heavy atom. The van der Waals surface area contributed by atoms with E-state index in [-0.39, 0.29) is 11.7 Å². The molecule has 0 unspecified atom stereocenters. The third-order valence-corrected chi connectivity index (χ3v) is 5.51. The minimum atomic E-state index is -0.298. The smallest absolute Gasteiger partial charge is 0.266 e. The second-order valence-corrected chi connectivity index (χ2v) is 7.59. The van der Waals surface area contributed by atoms with Crippen molar-refractivity contribution in [1.29, 1.82) is 0 Å². The van der Waals surface area contributed by atoms with Crippen LogP contribution in [-0.4, -0.2) is 22.5 Å². The zero-order valence-electron chi connectivity index (χ0n) is 15.7. The molecule has 0 radical (unpaired) electrons. The maximum atomic E-state index is 13.2. The van der Waals surface area contributed by atoms with Crippen LogP contribution in [0.4, 0.5) is 10.1 Å². The molecule has 0 aliphatic carbocycles. The Hall–Kier alpha value is -3.18. The van der Waals surface area contributed by atoms with Crippen molar-refractivity contribution in [2.75, 3.05) is 6.54 Å². The second-order valence-electron chi connectivity index (χ2n) is 6.58. The molecule has 4 rings (SSSR count). The van der Waals surface area contributed by atoms with Crippen molar-refractivity contribution < 1.29 is 9.18 Å². The molecule has 1 aliphatic heterocycles. The molecule has 0 atom stereocenters. The second kappa shape index (κ2) is 8.88. The SMILES string of the molecule is O=C1/C(=C\c2ccc(F)cc2)SC(=Nc2ccccc2)N1CCc1ccccc1. The third-order valence-electron chi connectivity index (χ3n) is 4.50. The van der Waals surface area contributed by atoms with E-state index in [0.29, 0.717) is 16.6 Å². The maximum absolute atomic E-state index is 13.2. The molecule has 0 spiro atoms. The summed E-state index contributed by atoms with van der Waals surface area (Å²) in [7, 11) is 0. The zero-order chi connectivity index (χ0) is 20.1. The number of amides is 1. The maximum Gasteiger partial charge on any atom is 0.266 e. The van der Waals surface area contributed by atoms with Crippen LogP contribution in [0.15, 0.2) is 94.8 Å². The van der Waals surface area contributed by atoms with Crippen LogP contribution < -0.4 is 0 Å². The van der Waals surface area contributed by atoms with Gasteiger partial charge in [-0.3, -0.25) is 9.69 Å². The third kappa shape index (κ3) is 4.81. The molecular weight excluding hydrogens is 383 g/mol. The Morgan fingerprint density at radius 3 is 2.24 bits per heavy atom. The van der Waals surface area contributed by atoms with Gasteiger partial charge in [0.25, 0.3) is 5.91 Å². The molecule has 0 saturated carbocycles. The van der Waals surface area contributed by atoms with Crippen molar-refractivity contribution in [3.05, 3.63) is 107 Å². The number of carbonyl (C=O) groups is 1. The number of amidine groups is 1. The minimum absolute atomic E-state index is 0.0788. The van der Waals surface area contributed by atoms with Crippen LogP contribution in [0, 0.1) is 5.82 Å². The molecule has 3 nitrogen and oxygen atoms in total. The van der Waals surface area contributed by atoms with Crippen LogP contribution >= 0.6 is 11.8 Å². The first-order chi connectivity index (χ1) is 14.2. The normalized spacial score (nSPS) is 16.7. The van der Waals surface area contributed by atoms with Gasteiger partial charge in [-0.1, -0.05) is 60.7 Å². The van der Waals surface area contributed by atoms with Crippen molar-refractivity contribution >= 4 is 34.6 Å². The first-order valence-electron chi connectivity index (χ1n) is 9.34. The molecule has 0 N–H and O–H groups in total. The topological polar surface area (TPSA) is 32.7 Å². The zero-order valence-corrected chi connectivity index (χ0v) is 16.5. The van der Waals surface area contributed by atoms with Gasteiger partial charge in [-0.25, -0.2) is 9.38 Å². The number of para-hydroxylation sites is 1. The van der Waals surface area contributed by atoms with Gasteiger partial charge in [-0.15, -0.1) is 0 Å². The van der Waals surface area contributed by atoms with Gasteiger partial charge in [0, 0.05) is 6.54 Å². The lowest BCUT2D eigenvalue weighted by Gasteiger charge is -2.15. The monoisotopic (exact) mass is 402 g/mol. The molecule has 5 heteroatoms. The largest absolute Gasteiger partial charge is 0.286 e. The van der Waals surface area contributed by atoms with Crippen molar-refractivity contribution in [1.82, 2.24) is 4.90 Å². The number of nitrogens with zero attached hydrogens (tertiary/aromatic N) is 2. The summed E-state index contributed by atoms with van der Waals surface area (Å²) in [6.45, 7) is 0.544. The first kappa shape index (κ1) is 19.2. The molecule has 3 aromatic rings. The average molecular weight is 402 g/mol. The van der Waals surface area contributed by atoms with Crippen LogP contribution in [0.2, 0.25) is 0 Å². The molecule has 29 heavy (non-hydrogen) atoms. The first-order valence-corrected chi connectivity index (χ1v) is 10.2. The van der Waals surface area contributed by atoms with E-state index in [1.165, 1.54) is 29.5 Å². The van der Waals surface area contributed by atoms with Gasteiger partial charge >= 0.3 is 0 Å². The summed E-state index contributed by atoms with van der Waals surface area (Å²) in [6.07, 6.45) is 2.53. The van der Waals surface area contributed by atoms with E-state index in [1.54, 1.807) is 23.1 Å². The molecule has 1 heterocycles. The standard InChI is InChI=1S/C24H19FN2OS/c25-20-13-11-19(12-14-20)17-22-23(28)27(16-15-18-7-3-1-4-8-18)24(29-22)26-21-9-5-2-6-10-21/h1-14,17H,15-16H2/b22-17+,26-24?. The van der Waals surface area contributed by atoms with Crippen LogP contribution in [0.5, 0.6) is 0 Å². The fourth-order valence-corrected chi connectivity index (χ4v) is 4.02. The van der Waals surface area contributed by atoms with E-state index in [2.05, 4.69) is 12.1 Å². The Morgan fingerprint density at radius 2 is 1.55 bits per heavy atom. The number of halogens is 1. The highest BCUT2D eigenvalue weighted by atomic mass is 32.2. The van der Waals surface area contributed by atoms with E-state index in [0.717, 1.165) is 17.7 Å². The summed E-state index contributed by atoms with van der Waals surface area (Å²) >= 11 is 1.35. The van der Waals surface area contributed by atoms with E-state index >= 15 is 0 Å². The average Bonchev–Trinajstić information content (AvgIpc) is 3.04. The van der Waals surface area contributed by atoms with Gasteiger partial charge in [-0.05, 0) is 59.7 Å². The van der Waals surface area contributed by atoms with Gasteiger partial charge in [0.15, 0.2) is 5.17 Å². The molecule has 0 bridgehead atoms. The van der Waals surface area contributed by atoms with E-state index in [4.69, 9.17) is 4.99 Å². The number of thioether (sulfide) groups is 1. The molecule has 1 fully saturated rings. The number of aliphatic imine (C=N–C) groups is 1. The van der Waals surface area contributed by atoms with E-state index in [9.17, 15) is 9.18 Å². The summed E-state index contributed by atoms with van der Waals surface area (Å²) in [5, 5.41) is 0.658. The predicted molar refractivity (Wildman–Crippen MR) is 117 cm³/mol. The van der Waals surface area contributed by atoms with Gasteiger partial charge in [0.2, 0.25) is 0 Å². The summed E-state index contributed by atoms with van der Waals surface area (Å²) in [6, 6.07) is 25.8. The summed E-state index contributed by atoms with van der Waals surface area (Å²) in [4.78, 5) is 20.1. The summed E-state index contributed by atoms with van der Waals surface area (Å²) < 4.78 is 13.2. The molecular formula is C24H19FN2OS. The Labute approximate surface area is 173 Å². The number of rotatable bonds is 5. The lowest BCUT2D eigenvalue weighted by atomic mass is 10.1. The number of hydrogen-bond donors (Lipinski definition) is 0. The fraction of sp³-hybridized carbons (Fsp3) is 0.0833. The van der Waals surface area contributed by atoms with Crippen LogP contribution in [-0.2, 0) is 11.2 Å². The lowest BCUT2D eigenvalue weighted by Crippen LogP contribution is -2.31. The molecule has 3 aromatic carbocycles. The Bertz CT molecular complexity index is 1050. The van der Waals surface area contributed by atoms with Gasteiger partial charge in [0.05, 0.1) is 10.6 Å². The molecule has 144 valence electrons. The number of benzene rings is 3. The van der Waals surface area contributed by atoms with Crippen molar-refractivity contribution in [3.8, 4) is 0 Å². The number of carbonyl (C=O) groups excluding carboxylic acids is 1. The van der Waals surface area contributed by atoms with Crippen molar-refractivity contribution in [2.24, 2.45) is 4.99 Å². The molecule has 1 aliphatic rings. The fourth-order valence-electron chi connectivity index (χ4n) is 3.00. The summed E-state index contributed by atoms with van der Waals surface area (Å²) in [5.74, 6) is -0.377. The van der Waals surface area contributed by atoms with Crippen LogP contribution in [0.25, 0.3) is 6.08 Å². The van der Waals surface area contributed by atoms with E-state index in [1.807, 2.05) is 48.5 Å². The quantitative estimate of drug-likeness (QED) is 0.515. The molecule has 1 amide bonds. The van der Waals surface area contributed by atoms with E-state index < -0.39 is 0 Å². The van der Waals surface area contributed by atoms with Gasteiger partial charge in [-0.2, -0.15) is 0 Å². The number of hydrogen-bond acceptors (Lipinski definition) is 3. The highest BCUT2D eigenvalue weighted by Crippen LogP contribution is 2.34. The van der Waals surface area contributed by atoms with Gasteiger partial charge in [0.1, 0.15) is 5.82 Å². The highest BCUT2D eigenvalue weighted by Gasteiger charge is 2.33. The molecule has 1 saturated heterocycles. The van der Waals surface area contributed by atoms with Gasteiger partial charge < -0.3 is 0 Å². The molecule has 0 aromatic heterocycles. The Kier molecular flexibility index (Phi) is 5.86. The minimum Gasteiger partial charge on any atom is -0.286 e. The van der Waals surface area contributed by atoms with Crippen LogP contribution in [0.3, 0.4) is 0 Å². The van der Waals surface area contributed by atoms with Crippen molar-refractivity contribution in [3.63, 3.8) is 0 Å². The lowest BCUT2D eigenvalue weighted by molar-refractivity contribution is -0.122. The highest BCUT2D eigenvalue weighted by molar-refractivity contribution is 8.18.